The van der Waals surface area contributed by atoms with E-state index in [2.05, 4.69) is 10.6 Å². The van der Waals surface area contributed by atoms with Gasteiger partial charge in [-0.1, -0.05) is 30.3 Å². The Hall–Kier alpha value is -2.49. The van der Waals surface area contributed by atoms with Crippen molar-refractivity contribution in [2.24, 2.45) is 5.73 Å². The first-order valence-corrected chi connectivity index (χ1v) is 8.12. The van der Waals surface area contributed by atoms with Crippen LogP contribution >= 0.6 is 0 Å². The monoisotopic (exact) mass is 367 g/mol. The SMILES string of the molecule is CC(O)C(N)C(=O)NC(Cc1ccccc1)C(=O)NC(C(=O)O)C(C)O. The van der Waals surface area contributed by atoms with Crippen molar-refractivity contribution < 1.29 is 29.7 Å². The predicted molar refractivity (Wildman–Crippen MR) is 93.0 cm³/mol. The molecule has 0 aromatic heterocycles. The molecule has 144 valence electrons. The van der Waals surface area contributed by atoms with Crippen LogP contribution in [0.5, 0.6) is 0 Å². The van der Waals surface area contributed by atoms with E-state index in [0.717, 1.165) is 5.56 Å². The molecule has 0 saturated heterocycles. The summed E-state index contributed by atoms with van der Waals surface area (Å²) in [5.41, 5.74) is 6.30. The van der Waals surface area contributed by atoms with Crippen molar-refractivity contribution in [3.63, 3.8) is 0 Å². The number of carbonyl (C=O) groups is 3. The molecule has 26 heavy (non-hydrogen) atoms. The van der Waals surface area contributed by atoms with Gasteiger partial charge in [0.15, 0.2) is 6.04 Å². The van der Waals surface area contributed by atoms with Gasteiger partial charge >= 0.3 is 5.97 Å². The van der Waals surface area contributed by atoms with E-state index < -0.39 is 48.1 Å². The van der Waals surface area contributed by atoms with Gasteiger partial charge in [0.1, 0.15) is 12.1 Å². The lowest BCUT2D eigenvalue weighted by atomic mass is 10.0. The van der Waals surface area contributed by atoms with Gasteiger partial charge in [0.25, 0.3) is 0 Å². The third-order valence-electron chi connectivity index (χ3n) is 3.78. The van der Waals surface area contributed by atoms with Gasteiger partial charge < -0.3 is 31.7 Å². The van der Waals surface area contributed by atoms with Gasteiger partial charge in [0, 0.05) is 6.42 Å². The maximum Gasteiger partial charge on any atom is 0.328 e. The van der Waals surface area contributed by atoms with Gasteiger partial charge in [-0.15, -0.1) is 0 Å². The third kappa shape index (κ3) is 6.43. The summed E-state index contributed by atoms with van der Waals surface area (Å²) in [6.45, 7) is 2.57. The minimum atomic E-state index is -1.52. The van der Waals surface area contributed by atoms with E-state index in [4.69, 9.17) is 10.8 Å². The van der Waals surface area contributed by atoms with Crippen LogP contribution < -0.4 is 16.4 Å². The van der Waals surface area contributed by atoms with Crippen molar-refractivity contribution in [1.29, 1.82) is 0 Å². The van der Waals surface area contributed by atoms with E-state index in [1.807, 2.05) is 0 Å². The number of carboxylic acid groups (broad SMARTS) is 1. The van der Waals surface area contributed by atoms with Crippen LogP contribution in [-0.4, -0.2) is 63.4 Å². The third-order valence-corrected chi connectivity index (χ3v) is 3.78. The fourth-order valence-corrected chi connectivity index (χ4v) is 2.19. The zero-order valence-electron chi connectivity index (χ0n) is 14.6. The summed E-state index contributed by atoms with van der Waals surface area (Å²) >= 11 is 0. The molecule has 1 aromatic rings. The van der Waals surface area contributed by atoms with E-state index in [9.17, 15) is 24.6 Å². The number of amides is 2. The Labute approximate surface area is 151 Å². The van der Waals surface area contributed by atoms with Crippen LogP contribution in [-0.2, 0) is 20.8 Å². The number of carboxylic acids is 1. The lowest BCUT2D eigenvalue weighted by molar-refractivity contribution is -0.145. The van der Waals surface area contributed by atoms with E-state index in [1.54, 1.807) is 30.3 Å². The second kappa shape index (κ2) is 9.85. The lowest BCUT2D eigenvalue weighted by Crippen LogP contribution is -2.58. The first kappa shape index (κ1) is 21.6. The van der Waals surface area contributed by atoms with Crippen LogP contribution in [0, 0.1) is 0 Å². The Morgan fingerprint density at radius 2 is 1.58 bits per heavy atom. The zero-order chi connectivity index (χ0) is 19.9. The van der Waals surface area contributed by atoms with Crippen molar-refractivity contribution in [3.05, 3.63) is 35.9 Å². The second-order valence-electron chi connectivity index (χ2n) is 6.08. The molecule has 0 bridgehead atoms. The van der Waals surface area contributed by atoms with Crippen molar-refractivity contribution in [3.8, 4) is 0 Å². The van der Waals surface area contributed by atoms with Crippen LogP contribution in [0.1, 0.15) is 19.4 Å². The molecule has 9 nitrogen and oxygen atoms in total. The topological polar surface area (TPSA) is 162 Å². The zero-order valence-corrected chi connectivity index (χ0v) is 14.6. The molecule has 0 aliphatic heterocycles. The standard InChI is InChI=1S/C17H25N3O6/c1-9(21)13(18)16(24)19-12(8-11-6-4-3-5-7-11)15(23)20-14(10(2)22)17(25)26/h3-7,9-10,12-14,21-22H,8,18H2,1-2H3,(H,19,24)(H,20,23)(H,25,26). The number of rotatable bonds is 9. The largest absolute Gasteiger partial charge is 0.480 e. The van der Waals surface area contributed by atoms with Crippen LogP contribution in [0.3, 0.4) is 0 Å². The molecule has 5 atom stereocenters. The number of aliphatic hydroxyl groups is 2. The van der Waals surface area contributed by atoms with E-state index in [1.165, 1.54) is 13.8 Å². The predicted octanol–water partition coefficient (Wildman–Crippen LogP) is -1.63. The molecule has 7 N–H and O–H groups in total. The summed E-state index contributed by atoms with van der Waals surface area (Å²) in [5.74, 6) is -2.94. The van der Waals surface area contributed by atoms with E-state index >= 15 is 0 Å². The molecule has 0 fully saturated rings. The summed E-state index contributed by atoms with van der Waals surface area (Å²) in [7, 11) is 0. The van der Waals surface area contributed by atoms with Crippen LogP contribution in [0.15, 0.2) is 30.3 Å². The van der Waals surface area contributed by atoms with Crippen molar-refractivity contribution in [2.75, 3.05) is 0 Å². The minimum absolute atomic E-state index is 0.0804. The maximum atomic E-state index is 12.5. The Morgan fingerprint density at radius 3 is 2.04 bits per heavy atom. The van der Waals surface area contributed by atoms with Gasteiger partial charge in [0.05, 0.1) is 12.2 Å². The Morgan fingerprint density at radius 1 is 1.00 bits per heavy atom. The first-order chi connectivity index (χ1) is 12.1. The summed E-state index contributed by atoms with van der Waals surface area (Å²) in [6.07, 6.45) is -2.37. The Balaban J connectivity index is 2.97. The van der Waals surface area contributed by atoms with Gasteiger partial charge in [-0.25, -0.2) is 4.79 Å². The fraction of sp³-hybridized carbons (Fsp3) is 0.471. The Kier molecular flexibility index (Phi) is 8.17. The average Bonchev–Trinajstić information content (AvgIpc) is 2.58. The molecule has 0 spiro atoms. The van der Waals surface area contributed by atoms with Crippen LogP contribution in [0.25, 0.3) is 0 Å². The normalized spacial score (nSPS) is 16.7. The van der Waals surface area contributed by atoms with Gasteiger partial charge in [-0.05, 0) is 19.4 Å². The summed E-state index contributed by atoms with van der Waals surface area (Å²) in [4.78, 5) is 35.8. The number of aliphatic hydroxyl groups excluding tert-OH is 2. The first-order valence-electron chi connectivity index (χ1n) is 8.12. The molecular formula is C17H25N3O6. The van der Waals surface area contributed by atoms with Gasteiger partial charge in [-0.2, -0.15) is 0 Å². The molecule has 2 amide bonds. The molecule has 5 unspecified atom stereocenters. The highest BCUT2D eigenvalue weighted by Crippen LogP contribution is 2.05. The molecule has 0 saturated carbocycles. The highest BCUT2D eigenvalue weighted by Gasteiger charge is 2.31. The van der Waals surface area contributed by atoms with E-state index in [0.29, 0.717) is 0 Å². The molecule has 0 radical (unpaired) electrons. The summed E-state index contributed by atoms with van der Waals surface area (Å²) < 4.78 is 0. The number of hydrogen-bond donors (Lipinski definition) is 6. The molecule has 1 rings (SSSR count). The number of nitrogens with one attached hydrogen (secondary N) is 2. The molecule has 0 aliphatic rings. The number of aliphatic carboxylic acids is 1. The van der Waals surface area contributed by atoms with Crippen molar-refractivity contribution >= 4 is 17.8 Å². The lowest BCUT2D eigenvalue weighted by Gasteiger charge is -2.24. The molecule has 0 aliphatic carbocycles. The maximum absolute atomic E-state index is 12.5. The molecule has 0 heterocycles. The summed E-state index contributed by atoms with van der Waals surface area (Å²) in [6, 6.07) is 4.88. The highest BCUT2D eigenvalue weighted by atomic mass is 16.4. The molecule has 9 heteroatoms. The fourth-order valence-electron chi connectivity index (χ4n) is 2.19. The number of hydrogen-bond acceptors (Lipinski definition) is 6. The van der Waals surface area contributed by atoms with Crippen molar-refractivity contribution in [1.82, 2.24) is 10.6 Å². The number of carbonyl (C=O) groups excluding carboxylic acids is 2. The number of benzene rings is 1. The molecular weight excluding hydrogens is 342 g/mol. The smallest absolute Gasteiger partial charge is 0.328 e. The van der Waals surface area contributed by atoms with Crippen LogP contribution in [0.4, 0.5) is 0 Å². The second-order valence-corrected chi connectivity index (χ2v) is 6.08. The highest BCUT2D eigenvalue weighted by molar-refractivity contribution is 5.92. The van der Waals surface area contributed by atoms with Gasteiger partial charge in [-0.3, -0.25) is 9.59 Å². The number of nitrogens with two attached hydrogens (primary N) is 1. The Bertz CT molecular complexity index is 620. The summed E-state index contributed by atoms with van der Waals surface area (Å²) in [5, 5.41) is 32.7. The minimum Gasteiger partial charge on any atom is -0.480 e. The molecule has 1 aromatic carbocycles. The van der Waals surface area contributed by atoms with Gasteiger partial charge in [0.2, 0.25) is 11.8 Å². The van der Waals surface area contributed by atoms with Crippen LogP contribution in [0.2, 0.25) is 0 Å². The quantitative estimate of drug-likeness (QED) is 0.305. The van der Waals surface area contributed by atoms with Crippen molar-refractivity contribution in [2.45, 2.75) is 50.6 Å². The average molecular weight is 367 g/mol. The van der Waals surface area contributed by atoms with E-state index in [-0.39, 0.29) is 6.42 Å².